The van der Waals surface area contributed by atoms with Gasteiger partial charge in [0.05, 0.1) is 24.5 Å². The van der Waals surface area contributed by atoms with Crippen molar-refractivity contribution in [1.82, 2.24) is 15.0 Å². The lowest BCUT2D eigenvalue weighted by atomic mass is 9.89. The summed E-state index contributed by atoms with van der Waals surface area (Å²) in [5, 5.41) is 4.72. The van der Waals surface area contributed by atoms with E-state index in [0.717, 1.165) is 35.2 Å². The summed E-state index contributed by atoms with van der Waals surface area (Å²) in [5.74, 6) is 0.933. The summed E-state index contributed by atoms with van der Waals surface area (Å²) in [6, 6.07) is 6.71. The normalized spacial score (nSPS) is 16.9. The van der Waals surface area contributed by atoms with Gasteiger partial charge >= 0.3 is 0 Å². The fourth-order valence-electron chi connectivity index (χ4n) is 3.88. The molecule has 8 heteroatoms. The molecule has 0 spiro atoms. The highest BCUT2D eigenvalue weighted by molar-refractivity contribution is 7.18. The molecule has 0 bridgehead atoms. The summed E-state index contributed by atoms with van der Waals surface area (Å²) in [7, 11) is 0. The molecule has 2 unspecified atom stereocenters. The number of hydrazone groups is 1. The van der Waals surface area contributed by atoms with Gasteiger partial charge < -0.3 is 4.74 Å². The number of carbonyl (C=O) groups is 1. The average molecular weight is 439 g/mol. The van der Waals surface area contributed by atoms with E-state index in [1.165, 1.54) is 22.0 Å². The number of nitrogens with one attached hydrogen (secondary N) is 1. The Balaban J connectivity index is 1.54. The molecule has 0 aliphatic heterocycles. The van der Waals surface area contributed by atoms with Crippen LogP contribution in [0.2, 0.25) is 0 Å². The maximum absolute atomic E-state index is 13.2. The van der Waals surface area contributed by atoms with E-state index in [-0.39, 0.29) is 11.5 Å². The van der Waals surface area contributed by atoms with Crippen LogP contribution in [0.4, 0.5) is 0 Å². The Bertz CT molecular complexity index is 1200. The first-order valence-corrected chi connectivity index (χ1v) is 11.4. The fraction of sp³-hybridized carbons (Fsp3) is 0.391. The first-order valence-electron chi connectivity index (χ1n) is 10.6. The predicted molar refractivity (Wildman–Crippen MR) is 123 cm³/mol. The number of aryl methyl sites for hydroxylation is 1. The quantitative estimate of drug-likeness (QED) is 0.470. The molecule has 0 radical (unpaired) electrons. The standard InChI is InChI=1S/C23H26N4O3S/c1-4-30-18-8-6-5-7-16(18)12-25-26-21(28)15(3)27-13-24-22-20(23(27)29)17-10-9-14(2)11-19(17)31-22/h5-8,12-15H,4,9-11H2,1-3H3,(H,26,28)/b25-12-. The Kier molecular flexibility index (Phi) is 6.18. The van der Waals surface area contributed by atoms with Gasteiger partial charge in [-0.05, 0) is 56.7 Å². The Labute approximate surface area is 184 Å². The van der Waals surface area contributed by atoms with Crippen LogP contribution in [0.15, 0.2) is 40.5 Å². The zero-order valence-electron chi connectivity index (χ0n) is 17.9. The van der Waals surface area contributed by atoms with Gasteiger partial charge in [-0.25, -0.2) is 10.4 Å². The van der Waals surface area contributed by atoms with E-state index < -0.39 is 6.04 Å². The van der Waals surface area contributed by atoms with Gasteiger partial charge in [0.15, 0.2) is 0 Å². The largest absolute Gasteiger partial charge is 0.493 e. The van der Waals surface area contributed by atoms with Gasteiger partial charge in [-0.2, -0.15) is 5.10 Å². The van der Waals surface area contributed by atoms with E-state index in [9.17, 15) is 9.59 Å². The number of nitrogens with zero attached hydrogens (tertiary/aromatic N) is 3. The number of rotatable bonds is 6. The second-order valence-corrected chi connectivity index (χ2v) is 8.95. The van der Waals surface area contributed by atoms with Crippen molar-refractivity contribution in [1.29, 1.82) is 0 Å². The lowest BCUT2D eigenvalue weighted by molar-refractivity contribution is -0.123. The Morgan fingerprint density at radius 1 is 1.45 bits per heavy atom. The molecule has 4 rings (SSSR count). The van der Waals surface area contributed by atoms with Gasteiger partial charge in [-0.15, -0.1) is 11.3 Å². The highest BCUT2D eigenvalue weighted by Crippen LogP contribution is 2.35. The van der Waals surface area contributed by atoms with Crippen molar-refractivity contribution in [3.8, 4) is 5.75 Å². The number of aromatic nitrogens is 2. The monoisotopic (exact) mass is 438 g/mol. The number of hydrogen-bond acceptors (Lipinski definition) is 6. The summed E-state index contributed by atoms with van der Waals surface area (Å²) in [6.45, 7) is 6.36. The molecule has 7 nitrogen and oxygen atoms in total. The van der Waals surface area contributed by atoms with Crippen LogP contribution in [0.1, 0.15) is 49.2 Å². The van der Waals surface area contributed by atoms with Crippen LogP contribution in [0.3, 0.4) is 0 Å². The number of carbonyl (C=O) groups excluding carboxylic acids is 1. The zero-order chi connectivity index (χ0) is 22.0. The van der Waals surface area contributed by atoms with Crippen molar-refractivity contribution in [3.05, 3.63) is 57.0 Å². The van der Waals surface area contributed by atoms with Crippen molar-refractivity contribution in [2.24, 2.45) is 11.0 Å². The van der Waals surface area contributed by atoms with Gasteiger partial charge in [0.1, 0.15) is 16.6 Å². The molecule has 2 atom stereocenters. The second kappa shape index (κ2) is 9.01. The van der Waals surface area contributed by atoms with Crippen molar-refractivity contribution in [2.45, 2.75) is 46.1 Å². The number of thiophene rings is 1. The molecule has 0 saturated carbocycles. The minimum atomic E-state index is -0.734. The van der Waals surface area contributed by atoms with Crippen LogP contribution >= 0.6 is 11.3 Å². The summed E-state index contributed by atoms with van der Waals surface area (Å²) in [5.41, 5.74) is 4.24. The highest BCUT2D eigenvalue weighted by Gasteiger charge is 2.25. The fourth-order valence-corrected chi connectivity index (χ4v) is 5.22. The predicted octanol–water partition coefficient (Wildman–Crippen LogP) is 3.69. The molecular weight excluding hydrogens is 412 g/mol. The molecule has 0 fully saturated rings. The lowest BCUT2D eigenvalue weighted by Crippen LogP contribution is -2.34. The van der Waals surface area contributed by atoms with E-state index in [1.807, 2.05) is 31.2 Å². The number of benzene rings is 1. The number of hydrogen-bond donors (Lipinski definition) is 1. The van der Waals surface area contributed by atoms with Crippen molar-refractivity contribution in [3.63, 3.8) is 0 Å². The van der Waals surface area contributed by atoms with Gasteiger partial charge in [0.25, 0.3) is 11.5 Å². The summed E-state index contributed by atoms with van der Waals surface area (Å²) in [4.78, 5) is 32.4. The second-order valence-electron chi connectivity index (χ2n) is 7.87. The van der Waals surface area contributed by atoms with Crippen molar-refractivity contribution < 1.29 is 9.53 Å². The average Bonchev–Trinajstić information content (AvgIpc) is 3.13. The lowest BCUT2D eigenvalue weighted by Gasteiger charge is -2.18. The molecule has 2 aromatic heterocycles. The van der Waals surface area contributed by atoms with Crippen LogP contribution in [0, 0.1) is 5.92 Å². The van der Waals surface area contributed by atoms with E-state index >= 15 is 0 Å². The van der Waals surface area contributed by atoms with Gasteiger partial charge in [-0.3, -0.25) is 14.2 Å². The van der Waals surface area contributed by atoms with Gasteiger partial charge in [-0.1, -0.05) is 19.1 Å². The smallest absolute Gasteiger partial charge is 0.263 e. The SMILES string of the molecule is CCOc1ccccc1/C=N\NC(=O)C(C)n1cnc2sc3c(c2c1=O)CCC(C)C3. The molecule has 1 aliphatic carbocycles. The Hall–Kier alpha value is -3.00. The Morgan fingerprint density at radius 3 is 3.06 bits per heavy atom. The number of para-hydroxylation sites is 1. The first-order chi connectivity index (χ1) is 15.0. The molecule has 1 aliphatic rings. The van der Waals surface area contributed by atoms with Gasteiger partial charge in [0.2, 0.25) is 0 Å². The molecule has 162 valence electrons. The number of ether oxygens (including phenoxy) is 1. The molecule has 0 saturated heterocycles. The summed E-state index contributed by atoms with van der Waals surface area (Å²) < 4.78 is 6.95. The topological polar surface area (TPSA) is 85.6 Å². The van der Waals surface area contributed by atoms with E-state index in [1.54, 1.807) is 18.3 Å². The minimum Gasteiger partial charge on any atom is -0.493 e. The molecule has 1 aromatic carbocycles. The molecule has 3 aromatic rings. The third-order valence-corrected chi connectivity index (χ3v) is 6.80. The molecular formula is C23H26N4O3S. The molecule has 1 amide bonds. The maximum Gasteiger partial charge on any atom is 0.263 e. The number of amides is 1. The summed E-state index contributed by atoms with van der Waals surface area (Å²) in [6.07, 6.45) is 5.96. The summed E-state index contributed by atoms with van der Waals surface area (Å²) >= 11 is 1.60. The van der Waals surface area contributed by atoms with Crippen molar-refractivity contribution in [2.75, 3.05) is 6.61 Å². The van der Waals surface area contributed by atoms with Crippen LogP contribution in [0.5, 0.6) is 5.75 Å². The van der Waals surface area contributed by atoms with Crippen LogP contribution < -0.4 is 15.7 Å². The molecule has 31 heavy (non-hydrogen) atoms. The molecule has 2 heterocycles. The van der Waals surface area contributed by atoms with E-state index in [0.29, 0.717) is 23.7 Å². The highest BCUT2D eigenvalue weighted by atomic mass is 32.1. The Morgan fingerprint density at radius 2 is 2.26 bits per heavy atom. The van der Waals surface area contributed by atoms with Gasteiger partial charge in [0, 0.05) is 10.4 Å². The first kappa shape index (κ1) is 21.2. The molecule has 1 N–H and O–H groups in total. The van der Waals surface area contributed by atoms with Crippen LogP contribution in [-0.2, 0) is 17.6 Å². The zero-order valence-corrected chi connectivity index (χ0v) is 18.7. The maximum atomic E-state index is 13.2. The third-order valence-electron chi connectivity index (χ3n) is 5.63. The number of fused-ring (bicyclic) bond motifs is 3. The third kappa shape index (κ3) is 4.25. The van der Waals surface area contributed by atoms with Crippen LogP contribution in [0.25, 0.3) is 10.2 Å². The van der Waals surface area contributed by atoms with E-state index in [4.69, 9.17) is 4.74 Å². The minimum absolute atomic E-state index is 0.162. The van der Waals surface area contributed by atoms with Crippen LogP contribution in [-0.4, -0.2) is 28.3 Å². The van der Waals surface area contributed by atoms with E-state index in [2.05, 4.69) is 22.4 Å². The van der Waals surface area contributed by atoms with Crippen molar-refractivity contribution >= 4 is 33.7 Å².